The van der Waals surface area contributed by atoms with Gasteiger partial charge in [0.15, 0.2) is 5.78 Å². The molecule has 29 heavy (non-hydrogen) atoms. The minimum Gasteiger partial charge on any atom is -0.348 e. The number of hydrogen-bond acceptors (Lipinski definition) is 3. The van der Waals surface area contributed by atoms with Gasteiger partial charge in [-0.1, -0.05) is 35.4 Å². The maximum absolute atomic E-state index is 13.3. The van der Waals surface area contributed by atoms with Gasteiger partial charge in [0.25, 0.3) is 5.91 Å². The average molecular weight is 424 g/mol. The van der Waals surface area contributed by atoms with Gasteiger partial charge in [0.2, 0.25) is 0 Å². The Morgan fingerprint density at radius 1 is 1.31 bits per heavy atom. The summed E-state index contributed by atoms with van der Waals surface area (Å²) in [4.78, 5) is 24.7. The highest BCUT2D eigenvalue weighted by Gasteiger charge is 2.38. The summed E-state index contributed by atoms with van der Waals surface area (Å²) >= 11 is 6.37. The molecule has 152 valence electrons. The Morgan fingerprint density at radius 3 is 2.66 bits per heavy atom. The Kier molecular flexibility index (Phi) is 5.66. The molecule has 5 nitrogen and oxygen atoms in total. The van der Waals surface area contributed by atoms with Crippen LogP contribution in [0.5, 0.6) is 0 Å². The topological polar surface area (TPSA) is 64.0 Å². The number of hydrogen-bond donors (Lipinski definition) is 1. The highest BCUT2D eigenvalue weighted by molar-refractivity contribution is 6.36. The Morgan fingerprint density at radius 2 is 2.03 bits per heavy atom. The Balaban J connectivity index is 1.88. The van der Waals surface area contributed by atoms with E-state index in [4.69, 9.17) is 11.6 Å². The van der Waals surface area contributed by atoms with E-state index in [1.807, 2.05) is 0 Å². The number of aryl methyl sites for hydroxylation is 1. The number of ketones is 1. The van der Waals surface area contributed by atoms with Crippen molar-refractivity contribution in [3.05, 3.63) is 63.8 Å². The molecule has 0 atom stereocenters. The van der Waals surface area contributed by atoms with Crippen molar-refractivity contribution in [2.75, 3.05) is 6.54 Å². The molecule has 2 aromatic rings. The molecule has 0 saturated heterocycles. The Hall–Kier alpha value is -2.87. The second-order valence-electron chi connectivity index (χ2n) is 6.67. The average Bonchev–Trinajstić information content (AvgIpc) is 3.05. The van der Waals surface area contributed by atoms with Crippen LogP contribution in [-0.4, -0.2) is 34.2 Å². The summed E-state index contributed by atoms with van der Waals surface area (Å²) in [5.74, 6) is -1.33. The van der Waals surface area contributed by atoms with Gasteiger partial charge in [-0.15, -0.1) is 0 Å². The van der Waals surface area contributed by atoms with Crippen molar-refractivity contribution in [3.63, 3.8) is 0 Å². The Labute approximate surface area is 169 Å². The second kappa shape index (κ2) is 7.87. The van der Waals surface area contributed by atoms with Crippen LogP contribution in [0.3, 0.4) is 0 Å². The molecular formula is C20H17ClF3N3O2. The number of nitrogens with one attached hydrogen (secondary N) is 1. The minimum absolute atomic E-state index is 0.0921. The van der Waals surface area contributed by atoms with Crippen LogP contribution in [0.15, 0.2) is 53.3 Å². The lowest BCUT2D eigenvalue weighted by Gasteiger charge is -2.20. The zero-order valence-corrected chi connectivity index (χ0v) is 16.4. The second-order valence-corrected chi connectivity index (χ2v) is 7.05. The summed E-state index contributed by atoms with van der Waals surface area (Å²) in [7, 11) is 1.72. The number of amides is 1. The van der Waals surface area contributed by atoms with Crippen LogP contribution < -0.4 is 5.32 Å². The van der Waals surface area contributed by atoms with Crippen LogP contribution >= 0.6 is 11.6 Å². The van der Waals surface area contributed by atoms with Gasteiger partial charge in [-0.3, -0.25) is 14.3 Å². The quantitative estimate of drug-likeness (QED) is 0.799. The molecule has 0 unspecified atom stereocenters. The van der Waals surface area contributed by atoms with Crippen molar-refractivity contribution in [2.45, 2.75) is 19.5 Å². The number of Topliss-reactive ketones (excluding diaryl/α,β-unsaturated/α-hetero) is 1. The van der Waals surface area contributed by atoms with Crippen molar-refractivity contribution in [3.8, 4) is 11.3 Å². The van der Waals surface area contributed by atoms with E-state index in [2.05, 4.69) is 10.4 Å². The zero-order valence-electron chi connectivity index (χ0n) is 15.6. The first-order chi connectivity index (χ1) is 13.6. The number of carbonyl (C=O) groups excluding carboxylic acids is 2. The number of alkyl halides is 3. The molecule has 1 aliphatic rings. The molecule has 0 fully saturated rings. The molecule has 1 amide bonds. The fourth-order valence-corrected chi connectivity index (χ4v) is 3.46. The van der Waals surface area contributed by atoms with E-state index in [0.29, 0.717) is 16.8 Å². The van der Waals surface area contributed by atoms with Crippen LogP contribution in [-0.2, 0) is 11.8 Å². The number of carbonyl (C=O) groups is 2. The highest BCUT2D eigenvalue weighted by Crippen LogP contribution is 2.34. The van der Waals surface area contributed by atoms with Crippen LogP contribution in [0.1, 0.15) is 23.7 Å². The molecule has 3 rings (SSSR count). The number of allylic oxidation sites excluding steroid dienone is 3. The van der Waals surface area contributed by atoms with E-state index < -0.39 is 35.6 Å². The zero-order chi connectivity index (χ0) is 21.3. The number of aromatic nitrogens is 2. The monoisotopic (exact) mass is 423 g/mol. The molecule has 1 aromatic heterocycles. The number of halogens is 4. The number of nitrogens with zero attached hydrogens (tertiary/aromatic N) is 2. The lowest BCUT2D eigenvalue weighted by atomic mass is 9.91. The molecule has 0 bridgehead atoms. The predicted octanol–water partition coefficient (Wildman–Crippen LogP) is 4.25. The highest BCUT2D eigenvalue weighted by atomic mass is 35.5. The van der Waals surface area contributed by atoms with Crippen LogP contribution in [0, 0.1) is 0 Å². The van der Waals surface area contributed by atoms with E-state index in [1.165, 1.54) is 13.0 Å². The van der Waals surface area contributed by atoms with Crippen molar-refractivity contribution >= 4 is 23.3 Å². The van der Waals surface area contributed by atoms with E-state index in [0.717, 1.165) is 6.08 Å². The summed E-state index contributed by atoms with van der Waals surface area (Å²) in [6, 6.07) is 6.50. The molecule has 0 aliphatic heterocycles. The number of benzene rings is 1. The predicted molar refractivity (Wildman–Crippen MR) is 102 cm³/mol. The van der Waals surface area contributed by atoms with Gasteiger partial charge in [0.05, 0.1) is 21.9 Å². The van der Waals surface area contributed by atoms with E-state index in [-0.39, 0.29) is 17.0 Å². The van der Waals surface area contributed by atoms with Crippen LogP contribution in [0.2, 0.25) is 5.02 Å². The third-order valence-electron chi connectivity index (χ3n) is 4.56. The molecular weight excluding hydrogens is 407 g/mol. The molecule has 0 radical (unpaired) electrons. The Bertz CT molecular complexity index is 1050. The molecule has 9 heteroatoms. The van der Waals surface area contributed by atoms with Crippen molar-refractivity contribution in [2.24, 2.45) is 7.05 Å². The molecule has 1 aliphatic carbocycles. The van der Waals surface area contributed by atoms with E-state index >= 15 is 0 Å². The standard InChI is InChI=1S/C20H17ClF3N3O2/c1-11-8-15(20(22,23)24)14(17(28)9-11)10-25-19(29)13-5-3-4-12(18(13)21)16-6-7-26-27(16)2/h3-8H,9-10H2,1-2H3,(H,25,29). The van der Waals surface area contributed by atoms with E-state index in [1.54, 1.807) is 36.1 Å². The molecule has 0 spiro atoms. The van der Waals surface area contributed by atoms with Crippen molar-refractivity contribution < 1.29 is 22.8 Å². The maximum Gasteiger partial charge on any atom is 0.416 e. The van der Waals surface area contributed by atoms with Gasteiger partial charge >= 0.3 is 6.18 Å². The van der Waals surface area contributed by atoms with Gasteiger partial charge in [0, 0.05) is 37.3 Å². The van der Waals surface area contributed by atoms with Crippen molar-refractivity contribution in [1.82, 2.24) is 15.1 Å². The molecule has 1 N–H and O–H groups in total. The van der Waals surface area contributed by atoms with Gasteiger partial charge in [-0.2, -0.15) is 18.3 Å². The lowest BCUT2D eigenvalue weighted by Crippen LogP contribution is -2.32. The first-order valence-electron chi connectivity index (χ1n) is 8.65. The normalized spacial score (nSPS) is 14.8. The number of rotatable bonds is 4. The van der Waals surface area contributed by atoms with Gasteiger partial charge in [0.1, 0.15) is 0 Å². The van der Waals surface area contributed by atoms with Crippen LogP contribution in [0.4, 0.5) is 13.2 Å². The summed E-state index contributed by atoms with van der Waals surface area (Å²) in [5.41, 5.74) is 0.159. The first-order valence-corrected chi connectivity index (χ1v) is 9.03. The molecule has 0 saturated carbocycles. The van der Waals surface area contributed by atoms with Gasteiger partial charge in [-0.25, -0.2) is 0 Å². The van der Waals surface area contributed by atoms with Gasteiger partial charge in [-0.05, 0) is 19.1 Å². The van der Waals surface area contributed by atoms with Crippen molar-refractivity contribution in [1.29, 1.82) is 0 Å². The smallest absolute Gasteiger partial charge is 0.348 e. The lowest BCUT2D eigenvalue weighted by molar-refractivity contribution is -0.117. The summed E-state index contributed by atoms with van der Waals surface area (Å²) in [6.07, 6.45) is -2.28. The SMILES string of the molecule is CC1=CC(C(F)(F)F)=C(CNC(=O)c2cccc(-c3ccnn3C)c2Cl)C(=O)C1. The van der Waals surface area contributed by atoms with Crippen LogP contribution in [0.25, 0.3) is 11.3 Å². The maximum atomic E-state index is 13.3. The summed E-state index contributed by atoms with van der Waals surface area (Å²) < 4.78 is 41.5. The van der Waals surface area contributed by atoms with Gasteiger partial charge < -0.3 is 5.32 Å². The molecule has 1 aromatic carbocycles. The van der Waals surface area contributed by atoms with E-state index in [9.17, 15) is 22.8 Å². The largest absolute Gasteiger partial charge is 0.416 e. The third-order valence-corrected chi connectivity index (χ3v) is 4.97. The minimum atomic E-state index is -4.69. The third kappa shape index (κ3) is 4.27. The fraction of sp³-hybridized carbons (Fsp3) is 0.250. The molecule has 1 heterocycles. The summed E-state index contributed by atoms with van der Waals surface area (Å²) in [5, 5.41) is 6.59. The fourth-order valence-electron chi connectivity index (χ4n) is 3.15. The first kappa shape index (κ1) is 20.9. The summed E-state index contributed by atoms with van der Waals surface area (Å²) in [6.45, 7) is 0.922.